The molecule has 1 aromatic rings. The van der Waals surface area contributed by atoms with Crippen molar-refractivity contribution in [3.63, 3.8) is 0 Å². The third-order valence-electron chi connectivity index (χ3n) is 3.02. The van der Waals surface area contributed by atoms with Crippen LogP contribution in [0.4, 0.5) is 5.69 Å². The van der Waals surface area contributed by atoms with Gasteiger partial charge in [0.05, 0.1) is 24.5 Å². The molecule has 0 saturated carbocycles. The van der Waals surface area contributed by atoms with Gasteiger partial charge in [0, 0.05) is 19.4 Å². The highest BCUT2D eigenvalue weighted by Crippen LogP contribution is 2.15. The van der Waals surface area contributed by atoms with Crippen molar-refractivity contribution in [2.24, 2.45) is 0 Å². The molecule has 1 amide bonds. The van der Waals surface area contributed by atoms with Crippen LogP contribution in [0.1, 0.15) is 26.2 Å². The molecule has 0 radical (unpaired) electrons. The second-order valence-corrected chi connectivity index (χ2v) is 4.62. The zero-order valence-corrected chi connectivity index (χ0v) is 11.3. The summed E-state index contributed by atoms with van der Waals surface area (Å²) in [6.07, 6.45) is 7.14. The Morgan fingerprint density at radius 2 is 2.53 bits per heavy atom. The molecule has 0 aliphatic carbocycles. The number of hydrogen-bond acceptors (Lipinski definition) is 4. The van der Waals surface area contributed by atoms with Crippen molar-refractivity contribution >= 4 is 11.6 Å². The fraction of sp³-hybridized carbons (Fsp3) is 0.692. The highest BCUT2D eigenvalue weighted by molar-refractivity contribution is 5.91. The Kier molecular flexibility index (Phi) is 5.35. The van der Waals surface area contributed by atoms with Crippen molar-refractivity contribution in [3.8, 4) is 0 Å². The van der Waals surface area contributed by atoms with Crippen molar-refractivity contribution in [3.05, 3.63) is 12.4 Å². The zero-order chi connectivity index (χ0) is 13.5. The van der Waals surface area contributed by atoms with E-state index < -0.39 is 0 Å². The van der Waals surface area contributed by atoms with E-state index in [0.717, 1.165) is 26.0 Å². The first-order valence-corrected chi connectivity index (χ1v) is 6.79. The van der Waals surface area contributed by atoms with E-state index in [1.165, 1.54) is 6.42 Å². The van der Waals surface area contributed by atoms with Crippen molar-refractivity contribution < 1.29 is 14.3 Å². The van der Waals surface area contributed by atoms with Gasteiger partial charge in [0.15, 0.2) is 0 Å². The Hall–Kier alpha value is -1.40. The van der Waals surface area contributed by atoms with Gasteiger partial charge in [-0.15, -0.1) is 0 Å². The van der Waals surface area contributed by atoms with Gasteiger partial charge in [0.25, 0.3) is 0 Å². The molecule has 19 heavy (non-hydrogen) atoms. The van der Waals surface area contributed by atoms with E-state index in [1.54, 1.807) is 6.20 Å². The van der Waals surface area contributed by atoms with Crippen LogP contribution in [0.15, 0.2) is 12.4 Å². The minimum absolute atomic E-state index is 0.0768. The van der Waals surface area contributed by atoms with Crippen molar-refractivity contribution in [2.75, 3.05) is 25.1 Å². The molecule has 0 spiro atoms. The Balaban J connectivity index is 1.79. The number of ether oxygens (including phenoxy) is 2. The van der Waals surface area contributed by atoms with Crippen LogP contribution in [-0.4, -0.2) is 41.6 Å². The predicted octanol–water partition coefficient (Wildman–Crippen LogP) is 1.43. The summed E-state index contributed by atoms with van der Waals surface area (Å²) in [5.74, 6) is -0.157. The van der Waals surface area contributed by atoms with Crippen molar-refractivity contribution in [2.45, 2.75) is 38.8 Å². The first kappa shape index (κ1) is 14.0. The lowest BCUT2D eigenvalue weighted by molar-refractivity contribution is -0.120. The smallest absolute Gasteiger partial charge is 0.250 e. The lowest BCUT2D eigenvalue weighted by Gasteiger charge is -2.22. The Labute approximate surface area is 113 Å². The summed E-state index contributed by atoms with van der Waals surface area (Å²) in [7, 11) is 0. The van der Waals surface area contributed by atoms with Crippen molar-refractivity contribution in [1.29, 1.82) is 0 Å². The molecule has 1 fully saturated rings. The molecule has 1 aliphatic rings. The summed E-state index contributed by atoms with van der Waals surface area (Å²) < 4.78 is 12.5. The monoisotopic (exact) mass is 267 g/mol. The molecule has 1 N–H and O–H groups in total. The van der Waals surface area contributed by atoms with Gasteiger partial charge in [-0.1, -0.05) is 0 Å². The first-order chi connectivity index (χ1) is 9.28. The number of carbonyl (C=O) groups is 1. The molecule has 0 bridgehead atoms. The van der Waals surface area contributed by atoms with E-state index in [4.69, 9.17) is 9.47 Å². The lowest BCUT2D eigenvalue weighted by atomic mass is 10.1. The van der Waals surface area contributed by atoms with Crippen LogP contribution < -0.4 is 5.32 Å². The molecule has 106 valence electrons. The largest absolute Gasteiger partial charge is 0.376 e. The Bertz CT molecular complexity index is 400. The average molecular weight is 267 g/mol. The second-order valence-electron chi connectivity index (χ2n) is 4.62. The maximum atomic E-state index is 11.5. The number of amides is 1. The van der Waals surface area contributed by atoms with Crippen LogP contribution in [0.5, 0.6) is 0 Å². The molecule has 6 nitrogen and oxygen atoms in total. The molecule has 1 aliphatic heterocycles. The molecule has 1 unspecified atom stereocenters. The van der Waals surface area contributed by atoms with E-state index in [-0.39, 0.29) is 18.6 Å². The fourth-order valence-corrected chi connectivity index (χ4v) is 2.08. The topological polar surface area (TPSA) is 65.4 Å². The van der Waals surface area contributed by atoms with E-state index >= 15 is 0 Å². The quantitative estimate of drug-likeness (QED) is 0.846. The van der Waals surface area contributed by atoms with Gasteiger partial charge in [-0.05, 0) is 26.2 Å². The number of rotatable bonds is 6. The van der Waals surface area contributed by atoms with Crippen LogP contribution in [0, 0.1) is 0 Å². The Morgan fingerprint density at radius 1 is 1.63 bits per heavy atom. The lowest BCUT2D eigenvalue weighted by Crippen LogP contribution is -2.24. The Morgan fingerprint density at radius 3 is 3.26 bits per heavy atom. The molecular formula is C13H21N3O3. The molecule has 0 aromatic carbocycles. The third kappa shape index (κ3) is 4.65. The fourth-order valence-electron chi connectivity index (χ4n) is 2.08. The van der Waals surface area contributed by atoms with Gasteiger partial charge in [-0.25, -0.2) is 0 Å². The number of nitrogens with zero attached hydrogens (tertiary/aromatic N) is 2. The summed E-state index contributed by atoms with van der Waals surface area (Å²) in [6.45, 7) is 4.04. The van der Waals surface area contributed by atoms with E-state index in [9.17, 15) is 4.79 Å². The number of anilines is 1. The number of carbonyl (C=O) groups excluding carboxylic acids is 1. The van der Waals surface area contributed by atoms with E-state index in [1.807, 2.05) is 17.8 Å². The zero-order valence-electron chi connectivity index (χ0n) is 11.3. The molecular weight excluding hydrogens is 246 g/mol. The average Bonchev–Trinajstić information content (AvgIpc) is 2.85. The highest BCUT2D eigenvalue weighted by Gasteiger charge is 2.15. The summed E-state index contributed by atoms with van der Waals surface area (Å²) in [6, 6.07) is 0. The van der Waals surface area contributed by atoms with Gasteiger partial charge in [-0.2, -0.15) is 5.10 Å². The normalized spacial score (nSPS) is 19.3. The van der Waals surface area contributed by atoms with Crippen LogP contribution in [0.2, 0.25) is 0 Å². The summed E-state index contributed by atoms with van der Waals surface area (Å²) in [5.41, 5.74) is 0.695. The maximum absolute atomic E-state index is 11.5. The summed E-state index contributed by atoms with van der Waals surface area (Å²) in [5, 5.41) is 6.97. The van der Waals surface area contributed by atoms with Gasteiger partial charge in [-0.3, -0.25) is 9.48 Å². The van der Waals surface area contributed by atoms with Gasteiger partial charge >= 0.3 is 0 Å². The van der Waals surface area contributed by atoms with Gasteiger partial charge in [0.2, 0.25) is 5.91 Å². The SMILES string of the molecule is CCOCC(=O)Nc1cnn(CC2CCCCO2)c1. The standard InChI is InChI=1S/C13H21N3O3/c1-2-18-10-13(17)15-11-7-14-16(8-11)9-12-5-3-4-6-19-12/h7-8,12H,2-6,9-10H2,1H3,(H,15,17). The summed E-state index contributed by atoms with van der Waals surface area (Å²) >= 11 is 0. The van der Waals surface area contributed by atoms with Crippen LogP contribution in [0.25, 0.3) is 0 Å². The molecule has 1 saturated heterocycles. The minimum Gasteiger partial charge on any atom is -0.376 e. The van der Waals surface area contributed by atoms with Crippen LogP contribution >= 0.6 is 0 Å². The molecule has 2 heterocycles. The number of hydrogen-bond donors (Lipinski definition) is 1. The molecule has 1 aromatic heterocycles. The van der Waals surface area contributed by atoms with Gasteiger partial charge in [0.1, 0.15) is 6.61 Å². The van der Waals surface area contributed by atoms with Crippen LogP contribution in [0.3, 0.4) is 0 Å². The minimum atomic E-state index is -0.157. The van der Waals surface area contributed by atoms with Crippen molar-refractivity contribution in [1.82, 2.24) is 9.78 Å². The predicted molar refractivity (Wildman–Crippen MR) is 70.9 cm³/mol. The molecule has 1 atom stereocenters. The van der Waals surface area contributed by atoms with Gasteiger partial charge < -0.3 is 14.8 Å². The number of nitrogens with one attached hydrogen (secondary N) is 1. The summed E-state index contributed by atoms with van der Waals surface area (Å²) in [4.78, 5) is 11.5. The highest BCUT2D eigenvalue weighted by atomic mass is 16.5. The first-order valence-electron chi connectivity index (χ1n) is 6.79. The molecule has 2 rings (SSSR count). The van der Waals surface area contributed by atoms with E-state index in [2.05, 4.69) is 10.4 Å². The second kappa shape index (κ2) is 7.25. The van der Waals surface area contributed by atoms with Crippen LogP contribution in [-0.2, 0) is 20.8 Å². The van der Waals surface area contributed by atoms with E-state index in [0.29, 0.717) is 12.3 Å². The third-order valence-corrected chi connectivity index (χ3v) is 3.02. The number of aromatic nitrogens is 2. The molecule has 6 heteroatoms. The maximum Gasteiger partial charge on any atom is 0.250 e.